The van der Waals surface area contributed by atoms with E-state index in [1.807, 2.05) is 21.1 Å². The number of carbonyl (C=O) groups is 3. The number of aliphatic carboxylic acids is 1. The molecule has 0 saturated heterocycles. The minimum absolute atomic E-state index is 0.149. The molecule has 0 saturated carbocycles. The van der Waals surface area contributed by atoms with Crippen LogP contribution in [0.1, 0.15) is 348 Å². The monoisotopic (exact) mass is 1190 g/mol. The highest BCUT2D eigenvalue weighted by molar-refractivity contribution is 5.70. The number of allylic oxidation sites excluding steroid dienone is 10. The summed E-state index contributed by atoms with van der Waals surface area (Å²) in [5, 5.41) is 11.8. The molecular formula is C76H139NO8. The van der Waals surface area contributed by atoms with Gasteiger partial charge in [-0.15, -0.1) is 0 Å². The van der Waals surface area contributed by atoms with E-state index < -0.39 is 24.3 Å². The van der Waals surface area contributed by atoms with Gasteiger partial charge in [-0.1, -0.05) is 319 Å². The summed E-state index contributed by atoms with van der Waals surface area (Å²) < 4.78 is 22.8. The molecule has 85 heavy (non-hydrogen) atoms. The Hall–Kier alpha value is -3.01. The van der Waals surface area contributed by atoms with Gasteiger partial charge in [0.05, 0.1) is 40.3 Å². The van der Waals surface area contributed by atoms with E-state index in [-0.39, 0.29) is 32.2 Å². The van der Waals surface area contributed by atoms with Crippen LogP contribution in [0, 0.1) is 0 Å². The zero-order valence-electron chi connectivity index (χ0n) is 56.7. The smallest absolute Gasteiger partial charge is 0.306 e. The van der Waals surface area contributed by atoms with Gasteiger partial charge in [0.2, 0.25) is 0 Å². The fourth-order valence-corrected chi connectivity index (χ4v) is 10.7. The fourth-order valence-electron chi connectivity index (χ4n) is 10.7. The number of esters is 2. The third kappa shape index (κ3) is 68.3. The second kappa shape index (κ2) is 66.9. The van der Waals surface area contributed by atoms with Crippen LogP contribution in [0.15, 0.2) is 60.8 Å². The van der Waals surface area contributed by atoms with Gasteiger partial charge in [0.15, 0.2) is 12.4 Å². The van der Waals surface area contributed by atoms with Gasteiger partial charge in [0, 0.05) is 12.8 Å². The largest absolute Gasteiger partial charge is 0.545 e. The molecule has 0 fully saturated rings. The lowest BCUT2D eigenvalue weighted by atomic mass is 10.0. The van der Waals surface area contributed by atoms with E-state index in [0.29, 0.717) is 23.9 Å². The normalized spacial score (nSPS) is 13.0. The summed E-state index contributed by atoms with van der Waals surface area (Å²) >= 11 is 0. The van der Waals surface area contributed by atoms with E-state index >= 15 is 0 Å². The maximum absolute atomic E-state index is 12.9. The van der Waals surface area contributed by atoms with Crippen LogP contribution < -0.4 is 5.11 Å². The molecule has 0 heterocycles. The first-order valence-corrected chi connectivity index (χ1v) is 36.4. The molecule has 496 valence electrons. The molecule has 0 spiro atoms. The molecule has 0 radical (unpaired) electrons. The number of unbranched alkanes of at least 4 members (excludes halogenated alkanes) is 43. The SMILES string of the molecule is CC/C=C\C/C=C\C/C=C\C/C=C\CCCCCCCCCCCCCCCCCCCCCCC(=O)OC(COC(=O)CCCCCCCCCCCCCCCCC/C=C\CCCCCCCCCC)COC(OCC[N+](C)(C)C)C(=O)[O-]. The van der Waals surface area contributed by atoms with Crippen LogP contribution in [0.2, 0.25) is 0 Å². The van der Waals surface area contributed by atoms with Crippen LogP contribution >= 0.6 is 0 Å². The molecule has 2 atom stereocenters. The van der Waals surface area contributed by atoms with E-state index in [9.17, 15) is 19.5 Å². The number of nitrogens with zero attached hydrogens (tertiary/aromatic N) is 1. The van der Waals surface area contributed by atoms with E-state index in [1.165, 1.54) is 257 Å². The van der Waals surface area contributed by atoms with Crippen molar-refractivity contribution in [2.24, 2.45) is 0 Å². The van der Waals surface area contributed by atoms with Crippen molar-refractivity contribution in [1.29, 1.82) is 0 Å². The Morgan fingerprint density at radius 1 is 0.365 bits per heavy atom. The van der Waals surface area contributed by atoms with Crippen molar-refractivity contribution in [3.63, 3.8) is 0 Å². The maximum Gasteiger partial charge on any atom is 0.306 e. The molecule has 9 heteroatoms. The standard InChI is InChI=1S/C76H139NO8/c1-6-8-10-12-14-16-18-20-22-24-26-28-30-32-34-35-36-37-38-39-41-43-45-47-49-51-53-55-57-59-61-63-65-67-74(79)85-72(71-84-76(75(80)81)82-69-68-77(3,4)5)70-83-73(78)66-64-62-60-58-56-54-52-50-48-46-44-42-40-33-31-29-27-25-23-21-19-17-15-13-11-9-7-2/h8,10,14,16,20,22,25-28,72,76H,6-7,9,11-13,15,17-19,21,23-24,29-71H2,1-5H3/b10-8-,16-14-,22-20-,27-25-,28-26-. The average molecular weight is 1190 g/mol. The number of hydrogen-bond acceptors (Lipinski definition) is 8. The third-order valence-electron chi connectivity index (χ3n) is 16.2. The van der Waals surface area contributed by atoms with Gasteiger partial charge in [0.1, 0.15) is 13.2 Å². The van der Waals surface area contributed by atoms with Crippen LogP contribution in [-0.4, -0.2) is 82.3 Å². The molecule has 0 N–H and O–H groups in total. The molecule has 0 bridgehead atoms. The Balaban J connectivity index is 4.04. The number of carboxylic acid groups (broad SMARTS) is 1. The Morgan fingerprint density at radius 3 is 1.01 bits per heavy atom. The Morgan fingerprint density at radius 2 is 0.671 bits per heavy atom. The first-order valence-electron chi connectivity index (χ1n) is 36.4. The Kier molecular flexibility index (Phi) is 64.6. The van der Waals surface area contributed by atoms with Gasteiger partial charge in [-0.05, 0) is 77.0 Å². The van der Waals surface area contributed by atoms with E-state index in [1.54, 1.807) is 0 Å². The third-order valence-corrected chi connectivity index (χ3v) is 16.2. The first-order chi connectivity index (χ1) is 41.6. The van der Waals surface area contributed by atoms with Crippen LogP contribution in [0.25, 0.3) is 0 Å². The van der Waals surface area contributed by atoms with Gasteiger partial charge < -0.3 is 33.3 Å². The minimum atomic E-state index is -1.62. The summed E-state index contributed by atoms with van der Waals surface area (Å²) in [5.41, 5.74) is 0. The summed E-state index contributed by atoms with van der Waals surface area (Å²) in [6.07, 6.45) is 84.6. The lowest BCUT2D eigenvalue weighted by Crippen LogP contribution is -2.44. The predicted molar refractivity (Wildman–Crippen MR) is 362 cm³/mol. The van der Waals surface area contributed by atoms with Gasteiger partial charge in [-0.3, -0.25) is 9.59 Å². The second-order valence-corrected chi connectivity index (χ2v) is 25.9. The van der Waals surface area contributed by atoms with Crippen LogP contribution in [-0.2, 0) is 33.3 Å². The molecule has 0 aromatic rings. The first kappa shape index (κ1) is 82.0. The van der Waals surface area contributed by atoms with E-state index in [2.05, 4.69) is 74.6 Å². The molecule has 0 rings (SSSR count). The molecular weight excluding hydrogens is 1050 g/mol. The van der Waals surface area contributed by atoms with Crippen molar-refractivity contribution >= 4 is 17.9 Å². The van der Waals surface area contributed by atoms with Crippen LogP contribution in [0.4, 0.5) is 0 Å². The molecule has 0 amide bonds. The van der Waals surface area contributed by atoms with Gasteiger partial charge in [-0.2, -0.15) is 0 Å². The van der Waals surface area contributed by atoms with Crippen molar-refractivity contribution < 1.29 is 42.9 Å². The zero-order valence-corrected chi connectivity index (χ0v) is 56.7. The quantitative estimate of drug-likeness (QED) is 0.0195. The minimum Gasteiger partial charge on any atom is -0.545 e. The second-order valence-electron chi connectivity index (χ2n) is 25.9. The fraction of sp³-hybridized carbons (Fsp3) is 0.829. The molecule has 0 aliphatic carbocycles. The molecule has 0 aromatic carbocycles. The summed E-state index contributed by atoms with van der Waals surface area (Å²) in [6, 6.07) is 0. The number of carboxylic acids is 1. The lowest BCUT2D eigenvalue weighted by Gasteiger charge is -2.26. The highest BCUT2D eigenvalue weighted by Crippen LogP contribution is 2.19. The molecule has 0 aliphatic heterocycles. The van der Waals surface area contributed by atoms with Crippen molar-refractivity contribution in [3.05, 3.63) is 60.8 Å². The maximum atomic E-state index is 12.9. The van der Waals surface area contributed by atoms with E-state index in [4.69, 9.17) is 18.9 Å². The summed E-state index contributed by atoms with van der Waals surface area (Å²) in [7, 11) is 5.94. The zero-order chi connectivity index (χ0) is 61.9. The van der Waals surface area contributed by atoms with Crippen molar-refractivity contribution in [2.75, 3.05) is 47.5 Å². The van der Waals surface area contributed by atoms with Crippen molar-refractivity contribution in [1.82, 2.24) is 0 Å². The number of quaternary nitrogens is 1. The van der Waals surface area contributed by atoms with Crippen LogP contribution in [0.5, 0.6) is 0 Å². The Labute approximate surface area is 526 Å². The van der Waals surface area contributed by atoms with E-state index in [0.717, 1.165) is 57.8 Å². The number of rotatable bonds is 68. The topological polar surface area (TPSA) is 111 Å². The highest BCUT2D eigenvalue weighted by Gasteiger charge is 2.22. The number of carbonyl (C=O) groups excluding carboxylic acids is 3. The van der Waals surface area contributed by atoms with Gasteiger partial charge >= 0.3 is 11.9 Å². The number of ether oxygens (including phenoxy) is 4. The predicted octanol–water partition coefficient (Wildman–Crippen LogP) is 21.4. The van der Waals surface area contributed by atoms with Gasteiger partial charge in [-0.25, -0.2) is 0 Å². The summed E-state index contributed by atoms with van der Waals surface area (Å²) in [4.78, 5) is 37.5. The molecule has 9 nitrogen and oxygen atoms in total. The molecule has 2 unspecified atom stereocenters. The van der Waals surface area contributed by atoms with Crippen molar-refractivity contribution in [2.45, 2.75) is 360 Å². The average Bonchev–Trinajstić information content (AvgIpc) is 3.49. The summed E-state index contributed by atoms with van der Waals surface area (Å²) in [6.45, 7) is 4.69. The van der Waals surface area contributed by atoms with Crippen molar-refractivity contribution in [3.8, 4) is 0 Å². The lowest BCUT2D eigenvalue weighted by molar-refractivity contribution is -0.870. The summed E-state index contributed by atoms with van der Waals surface area (Å²) in [5.74, 6) is -2.26. The Bertz CT molecular complexity index is 1580. The van der Waals surface area contributed by atoms with Gasteiger partial charge in [0.25, 0.3) is 0 Å². The molecule has 0 aromatic heterocycles. The number of hydrogen-bond donors (Lipinski definition) is 0. The highest BCUT2D eigenvalue weighted by atomic mass is 16.7. The van der Waals surface area contributed by atoms with Crippen LogP contribution in [0.3, 0.4) is 0 Å². The molecule has 0 aliphatic rings. The number of likely N-dealkylation sites (N-methyl/N-ethyl adjacent to an activating group) is 1.